The van der Waals surface area contributed by atoms with E-state index in [1.54, 1.807) is 0 Å². The Bertz CT molecular complexity index is 142. The normalized spacial score (nSPS) is 15.6. The Morgan fingerprint density at radius 2 is 1.93 bits per heavy atom. The van der Waals surface area contributed by atoms with Crippen LogP contribution in [-0.2, 0) is 4.74 Å². The lowest BCUT2D eigenvalue weighted by molar-refractivity contribution is 0.0869. The van der Waals surface area contributed by atoms with Crippen molar-refractivity contribution in [2.24, 2.45) is 5.92 Å². The molecule has 0 aromatic heterocycles. The summed E-state index contributed by atoms with van der Waals surface area (Å²) in [6.07, 6.45) is 0. The van der Waals surface area contributed by atoms with Crippen LogP contribution in [0.5, 0.6) is 0 Å². The van der Waals surface area contributed by atoms with E-state index in [0.29, 0.717) is 12.0 Å². The minimum absolute atomic E-state index is 0.614. The van der Waals surface area contributed by atoms with E-state index < -0.39 is 0 Å². The van der Waals surface area contributed by atoms with Crippen LogP contribution in [0.2, 0.25) is 0 Å². The lowest BCUT2D eigenvalue weighted by Crippen LogP contribution is -2.42. The minimum atomic E-state index is 0.614. The van der Waals surface area contributed by atoms with Crippen molar-refractivity contribution in [1.29, 1.82) is 0 Å². The molecular weight excluding hydrogens is 188 g/mol. The highest BCUT2D eigenvalue weighted by molar-refractivity contribution is 4.73. The van der Waals surface area contributed by atoms with Gasteiger partial charge in [0.25, 0.3) is 0 Å². The predicted octanol–water partition coefficient (Wildman–Crippen LogP) is 1.59. The van der Waals surface area contributed by atoms with Crippen molar-refractivity contribution in [1.82, 2.24) is 10.2 Å². The summed E-state index contributed by atoms with van der Waals surface area (Å²) >= 11 is 0. The van der Waals surface area contributed by atoms with Crippen LogP contribution in [0, 0.1) is 5.92 Å². The zero-order chi connectivity index (χ0) is 11.7. The van der Waals surface area contributed by atoms with Gasteiger partial charge in [-0.25, -0.2) is 0 Å². The van der Waals surface area contributed by atoms with Crippen LogP contribution in [0.3, 0.4) is 0 Å². The van der Waals surface area contributed by atoms with Gasteiger partial charge in [0.1, 0.15) is 0 Å². The standard InChI is InChI=1S/C12H28N2O/c1-6-14(8-9-15-7-2)12(4)11(3)10-13-5/h11-13H,6-10H2,1-5H3. The largest absolute Gasteiger partial charge is 0.380 e. The van der Waals surface area contributed by atoms with E-state index in [2.05, 4.69) is 31.0 Å². The third-order valence-electron chi connectivity index (χ3n) is 3.06. The Labute approximate surface area is 95.2 Å². The predicted molar refractivity (Wildman–Crippen MR) is 66.3 cm³/mol. The molecule has 0 saturated heterocycles. The fourth-order valence-electron chi connectivity index (χ4n) is 1.83. The molecule has 0 saturated carbocycles. The van der Waals surface area contributed by atoms with Gasteiger partial charge in [0.15, 0.2) is 0 Å². The van der Waals surface area contributed by atoms with Gasteiger partial charge in [-0.05, 0) is 39.9 Å². The molecule has 0 aromatic carbocycles. The third-order valence-corrected chi connectivity index (χ3v) is 3.06. The second kappa shape index (κ2) is 9.13. The van der Waals surface area contributed by atoms with Gasteiger partial charge in [0.2, 0.25) is 0 Å². The molecule has 0 rings (SSSR count). The molecule has 0 aliphatic rings. The number of nitrogens with zero attached hydrogens (tertiary/aromatic N) is 1. The maximum Gasteiger partial charge on any atom is 0.0593 e. The van der Waals surface area contributed by atoms with Gasteiger partial charge in [-0.15, -0.1) is 0 Å². The molecule has 92 valence electrons. The van der Waals surface area contributed by atoms with Crippen molar-refractivity contribution in [3.05, 3.63) is 0 Å². The van der Waals surface area contributed by atoms with E-state index in [-0.39, 0.29) is 0 Å². The van der Waals surface area contributed by atoms with Crippen LogP contribution in [0.15, 0.2) is 0 Å². The Morgan fingerprint density at radius 3 is 2.40 bits per heavy atom. The first-order valence-electron chi connectivity index (χ1n) is 6.13. The summed E-state index contributed by atoms with van der Waals surface area (Å²) in [6.45, 7) is 13.7. The van der Waals surface area contributed by atoms with Gasteiger partial charge in [-0.1, -0.05) is 13.8 Å². The summed E-state index contributed by atoms with van der Waals surface area (Å²) in [5, 5.41) is 3.24. The average molecular weight is 216 g/mol. The molecule has 3 nitrogen and oxygen atoms in total. The molecule has 0 amide bonds. The highest BCUT2D eigenvalue weighted by atomic mass is 16.5. The van der Waals surface area contributed by atoms with E-state index in [4.69, 9.17) is 4.74 Å². The molecule has 0 radical (unpaired) electrons. The summed E-state index contributed by atoms with van der Waals surface area (Å²) in [4.78, 5) is 2.48. The van der Waals surface area contributed by atoms with Gasteiger partial charge in [-0.2, -0.15) is 0 Å². The van der Waals surface area contributed by atoms with Crippen molar-refractivity contribution in [2.45, 2.75) is 33.7 Å². The van der Waals surface area contributed by atoms with Crippen LogP contribution >= 0.6 is 0 Å². The summed E-state index contributed by atoms with van der Waals surface area (Å²) in [5.74, 6) is 0.677. The first kappa shape index (κ1) is 14.9. The molecule has 0 aliphatic heterocycles. The minimum Gasteiger partial charge on any atom is -0.380 e. The Morgan fingerprint density at radius 1 is 1.27 bits per heavy atom. The molecule has 0 spiro atoms. The third kappa shape index (κ3) is 6.13. The summed E-state index contributed by atoms with van der Waals surface area (Å²) in [6, 6.07) is 0.614. The highest BCUT2D eigenvalue weighted by Gasteiger charge is 2.17. The molecule has 2 unspecified atom stereocenters. The van der Waals surface area contributed by atoms with Gasteiger partial charge < -0.3 is 10.1 Å². The van der Waals surface area contributed by atoms with Crippen LogP contribution in [-0.4, -0.2) is 50.8 Å². The molecule has 1 N–H and O–H groups in total. The van der Waals surface area contributed by atoms with Crippen LogP contribution in [0.25, 0.3) is 0 Å². The monoisotopic (exact) mass is 216 g/mol. The van der Waals surface area contributed by atoms with E-state index in [0.717, 1.165) is 32.8 Å². The number of likely N-dealkylation sites (N-methyl/N-ethyl adjacent to an activating group) is 1. The fraction of sp³-hybridized carbons (Fsp3) is 1.00. The lowest BCUT2D eigenvalue weighted by atomic mass is 10.0. The second-order valence-electron chi connectivity index (χ2n) is 4.10. The van der Waals surface area contributed by atoms with E-state index in [9.17, 15) is 0 Å². The zero-order valence-corrected chi connectivity index (χ0v) is 11.0. The molecular formula is C12H28N2O. The maximum absolute atomic E-state index is 5.40. The smallest absolute Gasteiger partial charge is 0.0593 e. The first-order valence-corrected chi connectivity index (χ1v) is 6.13. The van der Waals surface area contributed by atoms with Gasteiger partial charge in [0, 0.05) is 19.2 Å². The lowest BCUT2D eigenvalue weighted by Gasteiger charge is -2.32. The van der Waals surface area contributed by atoms with E-state index in [1.807, 2.05) is 14.0 Å². The Balaban J connectivity index is 3.91. The fourth-order valence-corrected chi connectivity index (χ4v) is 1.83. The molecule has 0 aliphatic carbocycles. The maximum atomic E-state index is 5.40. The number of hydrogen-bond donors (Lipinski definition) is 1. The summed E-state index contributed by atoms with van der Waals surface area (Å²) in [5.41, 5.74) is 0. The van der Waals surface area contributed by atoms with Crippen LogP contribution < -0.4 is 5.32 Å². The molecule has 15 heavy (non-hydrogen) atoms. The quantitative estimate of drug-likeness (QED) is 0.592. The van der Waals surface area contributed by atoms with Crippen molar-refractivity contribution in [3.8, 4) is 0 Å². The number of nitrogens with one attached hydrogen (secondary N) is 1. The Kier molecular flexibility index (Phi) is 9.06. The average Bonchev–Trinajstić information content (AvgIpc) is 2.24. The zero-order valence-electron chi connectivity index (χ0n) is 11.0. The molecule has 3 heteroatoms. The van der Waals surface area contributed by atoms with Crippen molar-refractivity contribution < 1.29 is 4.74 Å². The SMILES string of the molecule is CCOCCN(CC)C(C)C(C)CNC. The van der Waals surface area contributed by atoms with Crippen LogP contribution in [0.1, 0.15) is 27.7 Å². The number of ether oxygens (including phenoxy) is 1. The molecule has 0 heterocycles. The highest BCUT2D eigenvalue weighted by Crippen LogP contribution is 2.09. The van der Waals surface area contributed by atoms with Gasteiger partial charge in [0.05, 0.1) is 6.61 Å². The molecule has 2 atom stereocenters. The van der Waals surface area contributed by atoms with Crippen molar-refractivity contribution in [2.75, 3.05) is 39.9 Å². The Hall–Kier alpha value is -0.120. The molecule has 0 bridgehead atoms. The van der Waals surface area contributed by atoms with Gasteiger partial charge in [-0.3, -0.25) is 4.90 Å². The van der Waals surface area contributed by atoms with E-state index in [1.165, 1.54) is 0 Å². The molecule has 0 aromatic rings. The van der Waals surface area contributed by atoms with E-state index >= 15 is 0 Å². The van der Waals surface area contributed by atoms with Crippen molar-refractivity contribution in [3.63, 3.8) is 0 Å². The number of hydrogen-bond acceptors (Lipinski definition) is 3. The topological polar surface area (TPSA) is 24.5 Å². The second-order valence-corrected chi connectivity index (χ2v) is 4.10. The number of rotatable bonds is 9. The first-order chi connectivity index (χ1) is 7.17. The van der Waals surface area contributed by atoms with Gasteiger partial charge >= 0.3 is 0 Å². The van der Waals surface area contributed by atoms with Crippen molar-refractivity contribution >= 4 is 0 Å². The summed E-state index contributed by atoms with van der Waals surface area (Å²) in [7, 11) is 2.01. The molecule has 0 fully saturated rings. The summed E-state index contributed by atoms with van der Waals surface area (Å²) < 4.78 is 5.40. The van der Waals surface area contributed by atoms with Crippen LogP contribution in [0.4, 0.5) is 0 Å².